The summed E-state index contributed by atoms with van der Waals surface area (Å²) in [6.45, 7) is 2.19. The average molecular weight is 305 g/mol. The lowest BCUT2D eigenvalue weighted by molar-refractivity contribution is -0.142. The largest absolute Gasteiger partial charge is 0.469 e. The molecule has 0 bridgehead atoms. The van der Waals surface area contributed by atoms with E-state index in [1.54, 1.807) is 12.1 Å². The number of fused-ring (bicyclic) bond motifs is 1. The van der Waals surface area contributed by atoms with Crippen molar-refractivity contribution in [3.05, 3.63) is 35.6 Å². The molecule has 120 valence electrons. The van der Waals surface area contributed by atoms with Crippen LogP contribution in [0.2, 0.25) is 0 Å². The van der Waals surface area contributed by atoms with Gasteiger partial charge in [-0.05, 0) is 68.3 Å². The van der Waals surface area contributed by atoms with Crippen molar-refractivity contribution >= 4 is 5.97 Å². The van der Waals surface area contributed by atoms with Gasteiger partial charge in [-0.25, -0.2) is 4.39 Å². The summed E-state index contributed by atoms with van der Waals surface area (Å²) in [5.41, 5.74) is 1.25. The monoisotopic (exact) mass is 305 g/mol. The van der Waals surface area contributed by atoms with Crippen molar-refractivity contribution in [2.45, 2.75) is 44.1 Å². The number of ether oxygens (including phenoxy) is 1. The minimum atomic E-state index is -0.169. The van der Waals surface area contributed by atoms with E-state index in [9.17, 15) is 9.18 Å². The maximum Gasteiger partial charge on any atom is 0.305 e. The maximum atomic E-state index is 13.1. The van der Waals surface area contributed by atoms with Gasteiger partial charge in [0, 0.05) is 12.5 Å². The van der Waals surface area contributed by atoms with Crippen LogP contribution in [0.5, 0.6) is 0 Å². The molecule has 0 radical (unpaired) electrons. The summed E-state index contributed by atoms with van der Waals surface area (Å²) in [6.07, 6.45) is 4.97. The molecule has 3 atom stereocenters. The van der Waals surface area contributed by atoms with Crippen LogP contribution in [0, 0.1) is 11.7 Å². The molecule has 0 aliphatic carbocycles. The Kier molecular flexibility index (Phi) is 4.77. The van der Waals surface area contributed by atoms with Gasteiger partial charge >= 0.3 is 5.97 Å². The molecule has 0 N–H and O–H groups in total. The molecule has 3 nitrogen and oxygen atoms in total. The highest BCUT2D eigenvalue weighted by molar-refractivity contribution is 5.69. The molecule has 2 aliphatic heterocycles. The van der Waals surface area contributed by atoms with E-state index in [1.165, 1.54) is 12.7 Å². The third-order valence-corrected chi connectivity index (χ3v) is 5.29. The first kappa shape index (κ1) is 15.5. The average Bonchev–Trinajstić information content (AvgIpc) is 2.54. The summed E-state index contributed by atoms with van der Waals surface area (Å²) in [7, 11) is 1.46. The second-order valence-corrected chi connectivity index (χ2v) is 6.63. The van der Waals surface area contributed by atoms with E-state index < -0.39 is 0 Å². The van der Waals surface area contributed by atoms with Crippen molar-refractivity contribution in [1.82, 2.24) is 4.90 Å². The molecule has 0 spiro atoms. The van der Waals surface area contributed by atoms with Crippen LogP contribution in [0.25, 0.3) is 0 Å². The van der Waals surface area contributed by atoms with Gasteiger partial charge < -0.3 is 9.64 Å². The molecule has 2 aliphatic rings. The van der Waals surface area contributed by atoms with Gasteiger partial charge in [0.05, 0.1) is 7.11 Å². The number of hydrogen-bond acceptors (Lipinski definition) is 3. The number of nitrogens with zero attached hydrogens (tertiary/aromatic N) is 1. The molecule has 0 saturated carbocycles. The van der Waals surface area contributed by atoms with Gasteiger partial charge in [0.2, 0.25) is 0 Å². The Morgan fingerprint density at radius 2 is 1.95 bits per heavy atom. The van der Waals surface area contributed by atoms with E-state index in [-0.39, 0.29) is 11.8 Å². The first-order valence-electron chi connectivity index (χ1n) is 8.22. The molecule has 2 saturated heterocycles. The Morgan fingerprint density at radius 1 is 1.23 bits per heavy atom. The highest BCUT2D eigenvalue weighted by Gasteiger charge is 2.35. The number of rotatable bonds is 3. The first-order valence-corrected chi connectivity index (χ1v) is 8.22. The van der Waals surface area contributed by atoms with Gasteiger partial charge in [0.25, 0.3) is 0 Å². The zero-order chi connectivity index (χ0) is 15.5. The van der Waals surface area contributed by atoms with Gasteiger partial charge in [0.1, 0.15) is 5.82 Å². The predicted octanol–water partition coefficient (Wildman–Crippen LogP) is 3.35. The lowest BCUT2D eigenvalue weighted by Gasteiger charge is -2.45. The van der Waals surface area contributed by atoms with Crippen LogP contribution in [-0.4, -0.2) is 37.1 Å². The lowest BCUT2D eigenvalue weighted by Crippen LogP contribution is -2.47. The Bertz CT molecular complexity index is 516. The number of methoxy groups -OCH3 is 1. The van der Waals surface area contributed by atoms with Crippen LogP contribution in [0.1, 0.15) is 43.6 Å². The molecule has 0 aromatic heterocycles. The van der Waals surface area contributed by atoms with E-state index in [0.29, 0.717) is 24.3 Å². The number of benzene rings is 1. The smallest absolute Gasteiger partial charge is 0.305 e. The van der Waals surface area contributed by atoms with Crippen LogP contribution < -0.4 is 0 Å². The van der Waals surface area contributed by atoms with Crippen LogP contribution in [0.15, 0.2) is 24.3 Å². The minimum Gasteiger partial charge on any atom is -0.469 e. The predicted molar refractivity (Wildman–Crippen MR) is 83.1 cm³/mol. The summed E-state index contributed by atoms with van der Waals surface area (Å²) in [4.78, 5) is 14.0. The van der Waals surface area contributed by atoms with E-state index in [1.807, 2.05) is 12.1 Å². The molecule has 3 rings (SSSR count). The fraction of sp³-hybridized carbons (Fsp3) is 0.611. The van der Waals surface area contributed by atoms with Crippen molar-refractivity contribution in [3.63, 3.8) is 0 Å². The van der Waals surface area contributed by atoms with Gasteiger partial charge in [-0.1, -0.05) is 12.1 Å². The third-order valence-electron chi connectivity index (χ3n) is 5.29. The van der Waals surface area contributed by atoms with Crippen LogP contribution in [-0.2, 0) is 9.53 Å². The van der Waals surface area contributed by atoms with Gasteiger partial charge in [0.15, 0.2) is 0 Å². The summed E-state index contributed by atoms with van der Waals surface area (Å²) in [6, 6.07) is 7.51. The zero-order valence-electron chi connectivity index (χ0n) is 13.1. The number of piperidine rings is 2. The standard InChI is InChI=1S/C18H24FNO2/c1-22-18(21)11-13-6-8-20-9-7-15(12-17(20)10-13)14-2-4-16(19)5-3-14/h2-5,13,15,17H,6-12H2,1H3. The Labute approximate surface area is 131 Å². The molecule has 0 amide bonds. The Hall–Kier alpha value is -1.42. The summed E-state index contributed by atoms with van der Waals surface area (Å²) >= 11 is 0. The number of hydrogen-bond donors (Lipinski definition) is 0. The molecule has 1 aromatic rings. The highest BCUT2D eigenvalue weighted by Crippen LogP contribution is 2.38. The normalized spacial score (nSPS) is 28.9. The van der Waals surface area contributed by atoms with Crippen molar-refractivity contribution in [1.29, 1.82) is 0 Å². The van der Waals surface area contributed by atoms with Crippen molar-refractivity contribution < 1.29 is 13.9 Å². The van der Waals surface area contributed by atoms with Gasteiger partial charge in [-0.3, -0.25) is 4.79 Å². The molecular weight excluding hydrogens is 281 g/mol. The molecule has 4 heteroatoms. The fourth-order valence-corrected chi connectivity index (χ4v) is 4.03. The second-order valence-electron chi connectivity index (χ2n) is 6.63. The lowest BCUT2D eigenvalue weighted by atomic mass is 9.78. The van der Waals surface area contributed by atoms with E-state index >= 15 is 0 Å². The molecule has 3 unspecified atom stereocenters. The van der Waals surface area contributed by atoms with Crippen molar-refractivity contribution in [2.24, 2.45) is 5.92 Å². The summed E-state index contributed by atoms with van der Waals surface area (Å²) < 4.78 is 17.9. The number of halogens is 1. The van der Waals surface area contributed by atoms with Gasteiger partial charge in [-0.15, -0.1) is 0 Å². The van der Waals surface area contributed by atoms with E-state index in [4.69, 9.17) is 4.74 Å². The van der Waals surface area contributed by atoms with E-state index in [0.717, 1.165) is 38.8 Å². The molecule has 2 fully saturated rings. The summed E-state index contributed by atoms with van der Waals surface area (Å²) in [5, 5.41) is 0. The van der Waals surface area contributed by atoms with Crippen LogP contribution in [0.3, 0.4) is 0 Å². The maximum absolute atomic E-state index is 13.1. The number of esters is 1. The molecule has 22 heavy (non-hydrogen) atoms. The Morgan fingerprint density at radius 3 is 2.68 bits per heavy atom. The molecule has 2 heterocycles. The topological polar surface area (TPSA) is 29.5 Å². The zero-order valence-corrected chi connectivity index (χ0v) is 13.1. The minimum absolute atomic E-state index is 0.0932. The SMILES string of the molecule is COC(=O)CC1CCN2CCC(c3ccc(F)cc3)CC2C1. The second kappa shape index (κ2) is 6.78. The highest BCUT2D eigenvalue weighted by atomic mass is 19.1. The van der Waals surface area contributed by atoms with Crippen molar-refractivity contribution in [2.75, 3.05) is 20.2 Å². The van der Waals surface area contributed by atoms with Crippen molar-refractivity contribution in [3.8, 4) is 0 Å². The third kappa shape index (κ3) is 3.49. The summed E-state index contributed by atoms with van der Waals surface area (Å²) in [5.74, 6) is 0.695. The molecular formula is C18H24FNO2. The number of carbonyl (C=O) groups is 1. The quantitative estimate of drug-likeness (QED) is 0.802. The number of carbonyl (C=O) groups excluding carboxylic acids is 1. The van der Waals surface area contributed by atoms with E-state index in [2.05, 4.69) is 4.90 Å². The van der Waals surface area contributed by atoms with Gasteiger partial charge in [-0.2, -0.15) is 0 Å². The molecule has 1 aromatic carbocycles. The first-order chi connectivity index (χ1) is 10.7. The fourth-order valence-electron chi connectivity index (χ4n) is 4.03. The Balaban J connectivity index is 1.62. The van der Waals surface area contributed by atoms with Crippen LogP contribution >= 0.6 is 0 Å². The van der Waals surface area contributed by atoms with Crippen LogP contribution in [0.4, 0.5) is 4.39 Å².